The molecule has 0 aliphatic heterocycles. The summed E-state index contributed by atoms with van der Waals surface area (Å²) in [4.78, 5) is 16.1. The highest BCUT2D eigenvalue weighted by molar-refractivity contribution is 7.99. The Hall–Kier alpha value is -2.16. The number of anilines is 1. The van der Waals surface area contributed by atoms with Gasteiger partial charge in [-0.15, -0.1) is 5.10 Å². The highest BCUT2D eigenvalue weighted by Crippen LogP contribution is 2.24. The number of rotatable bonds is 5. The predicted molar refractivity (Wildman–Crippen MR) is 102 cm³/mol. The van der Waals surface area contributed by atoms with E-state index in [1.807, 2.05) is 32.0 Å². The summed E-state index contributed by atoms with van der Waals surface area (Å²) in [6.07, 6.45) is 1.41. The molecule has 0 atom stereocenters. The van der Waals surface area contributed by atoms with E-state index in [-0.39, 0.29) is 22.5 Å². The van der Waals surface area contributed by atoms with Gasteiger partial charge < -0.3 is 5.32 Å². The number of aryl methyl sites for hydroxylation is 2. The number of hydrogen-bond donors (Lipinski definition) is 1. The second-order valence-corrected chi connectivity index (χ2v) is 7.25. The third kappa shape index (κ3) is 4.32. The van der Waals surface area contributed by atoms with Gasteiger partial charge in [-0.2, -0.15) is 4.68 Å². The summed E-state index contributed by atoms with van der Waals surface area (Å²) >= 11 is 13.0. The zero-order valence-corrected chi connectivity index (χ0v) is 16.2. The number of carbonyl (C=O) groups excluding carboxylic acids is 1. The van der Waals surface area contributed by atoms with E-state index in [1.54, 1.807) is 4.68 Å². The van der Waals surface area contributed by atoms with Crippen LogP contribution >= 0.6 is 35.0 Å². The second-order valence-electron chi connectivity index (χ2n) is 5.46. The molecule has 1 aromatic carbocycles. The summed E-state index contributed by atoms with van der Waals surface area (Å²) < 4.78 is 1.60. The lowest BCUT2D eigenvalue weighted by molar-refractivity contribution is -0.113. The lowest BCUT2D eigenvalue weighted by Crippen LogP contribution is -2.16. The molecule has 0 unspecified atom stereocenters. The van der Waals surface area contributed by atoms with Crippen LogP contribution in [0.2, 0.25) is 10.0 Å². The molecule has 3 aromatic rings. The maximum atomic E-state index is 12.1. The van der Waals surface area contributed by atoms with Crippen molar-refractivity contribution in [2.45, 2.75) is 19.0 Å². The van der Waals surface area contributed by atoms with Crippen molar-refractivity contribution in [2.24, 2.45) is 0 Å². The molecule has 3 rings (SSSR count). The molecular formula is C16H14Cl2N6OS. The number of pyridine rings is 1. The van der Waals surface area contributed by atoms with Crippen molar-refractivity contribution in [1.82, 2.24) is 25.2 Å². The molecule has 0 saturated heterocycles. The second kappa shape index (κ2) is 8.03. The van der Waals surface area contributed by atoms with Gasteiger partial charge in [-0.05, 0) is 53.6 Å². The van der Waals surface area contributed by atoms with Gasteiger partial charge in [0.05, 0.1) is 21.5 Å². The molecule has 1 N–H and O–H groups in total. The van der Waals surface area contributed by atoms with Crippen LogP contribution in [-0.2, 0) is 4.79 Å². The molecule has 2 aromatic heterocycles. The van der Waals surface area contributed by atoms with Gasteiger partial charge >= 0.3 is 0 Å². The summed E-state index contributed by atoms with van der Waals surface area (Å²) in [5, 5.41) is 15.5. The summed E-state index contributed by atoms with van der Waals surface area (Å²) in [6.45, 7) is 4.06. The molecule has 7 nitrogen and oxygen atoms in total. The van der Waals surface area contributed by atoms with Crippen LogP contribution in [0.4, 0.5) is 5.82 Å². The van der Waals surface area contributed by atoms with Crippen molar-refractivity contribution in [3.63, 3.8) is 0 Å². The van der Waals surface area contributed by atoms with E-state index < -0.39 is 0 Å². The van der Waals surface area contributed by atoms with E-state index in [1.165, 1.54) is 29.6 Å². The fourth-order valence-corrected chi connectivity index (χ4v) is 3.21. The average molecular weight is 409 g/mol. The first-order chi connectivity index (χ1) is 12.4. The summed E-state index contributed by atoms with van der Waals surface area (Å²) in [6, 6.07) is 7.44. The maximum Gasteiger partial charge on any atom is 0.236 e. The van der Waals surface area contributed by atoms with Gasteiger partial charge in [-0.25, -0.2) is 4.98 Å². The SMILES string of the molecule is Cc1ccc(-n2nnnc2SCC(=O)Nc2ncc(Cl)cc2Cl)cc1C. The average Bonchev–Trinajstić information content (AvgIpc) is 3.06. The van der Waals surface area contributed by atoms with Crippen LogP contribution < -0.4 is 5.32 Å². The fourth-order valence-electron chi connectivity index (χ4n) is 2.09. The molecule has 0 radical (unpaired) electrons. The summed E-state index contributed by atoms with van der Waals surface area (Å²) in [7, 11) is 0. The minimum absolute atomic E-state index is 0.103. The third-order valence-corrected chi connectivity index (χ3v) is 4.99. The standard InChI is InChI=1S/C16H14Cl2N6OS/c1-9-3-4-12(5-10(9)2)24-16(21-22-23-24)26-8-14(25)20-15-13(18)6-11(17)7-19-15/h3-7H,8H2,1-2H3,(H,19,20,25). The lowest BCUT2D eigenvalue weighted by Gasteiger charge is -2.08. The molecule has 0 aliphatic rings. The Kier molecular flexibility index (Phi) is 5.75. The zero-order valence-electron chi connectivity index (χ0n) is 13.9. The Morgan fingerprint density at radius 2 is 2.04 bits per heavy atom. The molecule has 1 amide bonds. The fraction of sp³-hybridized carbons (Fsp3) is 0.188. The molecule has 10 heteroatoms. The normalized spacial score (nSPS) is 10.8. The quantitative estimate of drug-likeness (QED) is 0.647. The minimum atomic E-state index is -0.277. The van der Waals surface area contributed by atoms with Crippen LogP contribution in [0.5, 0.6) is 0 Å². The number of benzene rings is 1. The van der Waals surface area contributed by atoms with Crippen molar-refractivity contribution in [2.75, 3.05) is 11.1 Å². The Morgan fingerprint density at radius 3 is 2.77 bits per heavy atom. The lowest BCUT2D eigenvalue weighted by atomic mass is 10.1. The van der Waals surface area contributed by atoms with Crippen molar-refractivity contribution in [3.8, 4) is 5.69 Å². The van der Waals surface area contributed by atoms with E-state index in [2.05, 4.69) is 25.8 Å². The molecule has 26 heavy (non-hydrogen) atoms. The van der Waals surface area contributed by atoms with Crippen LogP contribution in [0, 0.1) is 13.8 Å². The van der Waals surface area contributed by atoms with Crippen LogP contribution in [0.3, 0.4) is 0 Å². The van der Waals surface area contributed by atoms with Crippen LogP contribution in [0.15, 0.2) is 35.6 Å². The number of carbonyl (C=O) groups is 1. The smallest absolute Gasteiger partial charge is 0.236 e. The van der Waals surface area contributed by atoms with Gasteiger partial charge in [-0.1, -0.05) is 41.0 Å². The highest BCUT2D eigenvalue weighted by Gasteiger charge is 2.13. The van der Waals surface area contributed by atoms with Gasteiger partial charge in [0.1, 0.15) is 0 Å². The van der Waals surface area contributed by atoms with Gasteiger partial charge in [-0.3, -0.25) is 4.79 Å². The maximum absolute atomic E-state index is 12.1. The van der Waals surface area contributed by atoms with Crippen LogP contribution in [-0.4, -0.2) is 36.9 Å². The monoisotopic (exact) mass is 408 g/mol. The largest absolute Gasteiger partial charge is 0.309 e. The first kappa shape index (κ1) is 18.6. The third-order valence-electron chi connectivity index (χ3n) is 3.57. The number of amides is 1. The van der Waals surface area contributed by atoms with Gasteiger partial charge in [0.15, 0.2) is 5.82 Å². The first-order valence-corrected chi connectivity index (χ1v) is 9.28. The van der Waals surface area contributed by atoms with Crippen molar-refractivity contribution in [3.05, 3.63) is 51.6 Å². The number of nitrogens with zero attached hydrogens (tertiary/aromatic N) is 5. The molecule has 0 aliphatic carbocycles. The Morgan fingerprint density at radius 1 is 1.23 bits per heavy atom. The number of halogens is 2. The van der Waals surface area contributed by atoms with Crippen LogP contribution in [0.1, 0.15) is 11.1 Å². The number of nitrogens with one attached hydrogen (secondary N) is 1. The predicted octanol–water partition coefficient (Wildman–Crippen LogP) is 3.71. The zero-order chi connectivity index (χ0) is 18.7. The van der Waals surface area contributed by atoms with Gasteiger partial charge in [0, 0.05) is 6.20 Å². The molecule has 134 valence electrons. The molecular weight excluding hydrogens is 395 g/mol. The van der Waals surface area contributed by atoms with Crippen molar-refractivity contribution < 1.29 is 4.79 Å². The van der Waals surface area contributed by atoms with Gasteiger partial charge in [0.25, 0.3) is 0 Å². The first-order valence-electron chi connectivity index (χ1n) is 7.54. The molecule has 0 saturated carbocycles. The van der Waals surface area contributed by atoms with E-state index >= 15 is 0 Å². The number of hydrogen-bond acceptors (Lipinski definition) is 6. The van der Waals surface area contributed by atoms with E-state index in [0.29, 0.717) is 10.2 Å². The Balaban J connectivity index is 1.68. The number of aromatic nitrogens is 5. The summed E-state index contributed by atoms with van der Waals surface area (Å²) in [5.74, 6) is 0.0862. The Labute approximate surface area is 164 Å². The molecule has 2 heterocycles. The van der Waals surface area contributed by atoms with E-state index in [9.17, 15) is 4.79 Å². The van der Waals surface area contributed by atoms with Crippen molar-refractivity contribution >= 4 is 46.7 Å². The van der Waals surface area contributed by atoms with E-state index in [0.717, 1.165) is 11.3 Å². The highest BCUT2D eigenvalue weighted by atomic mass is 35.5. The minimum Gasteiger partial charge on any atom is -0.309 e. The van der Waals surface area contributed by atoms with Crippen molar-refractivity contribution in [1.29, 1.82) is 0 Å². The van der Waals surface area contributed by atoms with Gasteiger partial charge in [0.2, 0.25) is 11.1 Å². The number of thioether (sulfide) groups is 1. The summed E-state index contributed by atoms with van der Waals surface area (Å²) in [5.41, 5.74) is 3.15. The Bertz CT molecular complexity index is 962. The van der Waals surface area contributed by atoms with E-state index in [4.69, 9.17) is 23.2 Å². The number of tetrazole rings is 1. The molecule has 0 fully saturated rings. The van der Waals surface area contributed by atoms with Crippen LogP contribution in [0.25, 0.3) is 5.69 Å². The molecule has 0 bridgehead atoms. The topological polar surface area (TPSA) is 85.6 Å². The molecule has 0 spiro atoms.